The second-order valence-electron chi connectivity index (χ2n) is 5.86. The fourth-order valence-corrected chi connectivity index (χ4v) is 2.00. The smallest absolute Gasteiger partial charge is 0.302 e. The second kappa shape index (κ2) is 4.75. The summed E-state index contributed by atoms with van der Waals surface area (Å²) in [5.74, 6) is -0.00701. The van der Waals surface area contributed by atoms with E-state index in [1.54, 1.807) is 26.8 Å². The highest BCUT2D eigenvalue weighted by molar-refractivity contribution is 6.02. The first-order valence-electron chi connectivity index (χ1n) is 6.38. The fourth-order valence-electron chi connectivity index (χ4n) is 2.00. The molecule has 0 spiro atoms. The Kier molecular flexibility index (Phi) is 3.47. The van der Waals surface area contributed by atoms with Gasteiger partial charge >= 0.3 is 12.2 Å². The van der Waals surface area contributed by atoms with Crippen molar-refractivity contribution in [2.24, 2.45) is 10.4 Å². The van der Waals surface area contributed by atoms with Crippen LogP contribution in [0.5, 0.6) is 0 Å². The van der Waals surface area contributed by atoms with Crippen molar-refractivity contribution in [3.8, 4) is 0 Å². The number of carbonyl (C=O) groups excluding carboxylic acids is 1. The molecule has 1 aromatic carbocycles. The van der Waals surface area contributed by atoms with Crippen LogP contribution in [0.25, 0.3) is 0 Å². The molecule has 1 aliphatic rings. The van der Waals surface area contributed by atoms with Gasteiger partial charge in [-0.05, 0) is 0 Å². The lowest BCUT2D eigenvalue weighted by Gasteiger charge is -2.39. The molecule has 1 atom stereocenters. The number of hydrogen-bond acceptors (Lipinski definition) is 2. The van der Waals surface area contributed by atoms with Crippen LogP contribution in [0.3, 0.4) is 0 Å². The van der Waals surface area contributed by atoms with Crippen molar-refractivity contribution < 1.29 is 18.0 Å². The van der Waals surface area contributed by atoms with Gasteiger partial charge in [0.1, 0.15) is 5.84 Å². The largest absolute Gasteiger partial charge is 0.436 e. The van der Waals surface area contributed by atoms with E-state index in [4.69, 9.17) is 0 Å². The van der Waals surface area contributed by atoms with Crippen LogP contribution in [0.4, 0.5) is 18.0 Å². The normalized spacial score (nSPS) is 23.1. The Bertz CT molecular complexity index is 575. The summed E-state index contributed by atoms with van der Waals surface area (Å²) in [4.78, 5) is 15.6. The van der Waals surface area contributed by atoms with Crippen LogP contribution < -0.4 is 10.6 Å². The van der Waals surface area contributed by atoms with E-state index in [-0.39, 0.29) is 11.4 Å². The van der Waals surface area contributed by atoms with Gasteiger partial charge in [0.05, 0.1) is 0 Å². The zero-order valence-electron chi connectivity index (χ0n) is 11.9. The Labute approximate surface area is 120 Å². The first kappa shape index (κ1) is 15.3. The number of nitrogens with zero attached hydrogens (tertiary/aromatic N) is 1. The molecule has 0 radical (unpaired) electrons. The van der Waals surface area contributed by atoms with E-state index in [1.807, 2.05) is 5.32 Å². The van der Waals surface area contributed by atoms with Gasteiger partial charge in [-0.1, -0.05) is 51.1 Å². The van der Waals surface area contributed by atoms with E-state index in [0.717, 1.165) is 0 Å². The van der Waals surface area contributed by atoms with Crippen molar-refractivity contribution in [3.05, 3.63) is 35.9 Å². The average Bonchev–Trinajstić information content (AvgIpc) is 2.36. The number of hydrogen-bond donors (Lipinski definition) is 2. The predicted octanol–water partition coefficient (Wildman–Crippen LogP) is 3.16. The molecule has 21 heavy (non-hydrogen) atoms. The lowest BCUT2D eigenvalue weighted by molar-refractivity contribution is -0.195. The molecule has 2 rings (SSSR count). The van der Waals surface area contributed by atoms with Crippen LogP contribution in [0.2, 0.25) is 0 Å². The van der Waals surface area contributed by atoms with Gasteiger partial charge in [-0.2, -0.15) is 13.2 Å². The lowest BCUT2D eigenvalue weighted by Crippen LogP contribution is -2.63. The molecule has 0 aromatic heterocycles. The minimum absolute atomic E-state index is 0.00701. The first-order chi connectivity index (χ1) is 9.56. The first-order valence-corrected chi connectivity index (χ1v) is 6.38. The number of aliphatic imine (C=N–C) groups is 1. The van der Waals surface area contributed by atoms with Gasteiger partial charge in [-0.25, -0.2) is 9.79 Å². The maximum Gasteiger partial charge on any atom is 0.436 e. The van der Waals surface area contributed by atoms with Crippen molar-refractivity contribution >= 4 is 11.9 Å². The topological polar surface area (TPSA) is 53.5 Å². The number of benzene rings is 1. The minimum atomic E-state index is -4.76. The Morgan fingerprint density at radius 2 is 1.67 bits per heavy atom. The van der Waals surface area contributed by atoms with E-state index >= 15 is 0 Å². The van der Waals surface area contributed by atoms with Crippen LogP contribution in [0.15, 0.2) is 35.3 Å². The maximum atomic E-state index is 13.7. The molecule has 1 heterocycles. The molecule has 4 nitrogen and oxygen atoms in total. The summed E-state index contributed by atoms with van der Waals surface area (Å²) in [5.41, 5.74) is -3.61. The summed E-state index contributed by atoms with van der Waals surface area (Å²) in [6.45, 7) is 5.05. The third kappa shape index (κ3) is 2.72. The van der Waals surface area contributed by atoms with Crippen molar-refractivity contribution in [2.75, 3.05) is 0 Å². The van der Waals surface area contributed by atoms with Gasteiger partial charge in [0.15, 0.2) is 0 Å². The molecular formula is C14H16F3N3O. The Hall–Kier alpha value is -2.05. The fraction of sp³-hybridized carbons (Fsp3) is 0.429. The zero-order chi connectivity index (χ0) is 15.9. The summed E-state index contributed by atoms with van der Waals surface area (Å²) >= 11 is 0. The number of carbonyl (C=O) groups is 1. The highest BCUT2D eigenvalue weighted by Crippen LogP contribution is 2.42. The van der Waals surface area contributed by atoms with Crippen molar-refractivity contribution in [1.82, 2.24) is 10.6 Å². The third-order valence-corrected chi connectivity index (χ3v) is 3.12. The van der Waals surface area contributed by atoms with Gasteiger partial charge in [0.2, 0.25) is 0 Å². The van der Waals surface area contributed by atoms with Gasteiger partial charge in [0.25, 0.3) is 5.66 Å². The number of urea groups is 1. The highest BCUT2D eigenvalue weighted by Gasteiger charge is 2.59. The van der Waals surface area contributed by atoms with E-state index in [1.165, 1.54) is 24.3 Å². The summed E-state index contributed by atoms with van der Waals surface area (Å²) in [6.07, 6.45) is -4.76. The molecule has 114 valence electrons. The molecular weight excluding hydrogens is 283 g/mol. The molecule has 2 amide bonds. The van der Waals surface area contributed by atoms with E-state index in [2.05, 4.69) is 10.3 Å². The molecule has 0 unspecified atom stereocenters. The summed E-state index contributed by atoms with van der Waals surface area (Å²) < 4.78 is 41.0. The van der Waals surface area contributed by atoms with Crippen molar-refractivity contribution in [2.45, 2.75) is 32.6 Å². The summed E-state index contributed by atoms with van der Waals surface area (Å²) in [6, 6.07) is 6.22. The summed E-state index contributed by atoms with van der Waals surface area (Å²) in [5, 5.41) is 4.28. The van der Waals surface area contributed by atoms with Gasteiger partial charge in [-0.3, -0.25) is 5.32 Å². The number of alkyl halides is 3. The van der Waals surface area contributed by atoms with Crippen LogP contribution in [0, 0.1) is 5.41 Å². The number of amidine groups is 1. The molecule has 0 aliphatic carbocycles. The predicted molar refractivity (Wildman–Crippen MR) is 72.7 cm³/mol. The number of amides is 2. The van der Waals surface area contributed by atoms with Crippen LogP contribution in [-0.4, -0.2) is 18.0 Å². The quantitative estimate of drug-likeness (QED) is 0.822. The summed E-state index contributed by atoms with van der Waals surface area (Å²) in [7, 11) is 0. The molecule has 2 N–H and O–H groups in total. The number of nitrogens with one attached hydrogen (secondary N) is 2. The van der Waals surface area contributed by atoms with Gasteiger partial charge in [-0.15, -0.1) is 0 Å². The molecule has 1 aliphatic heterocycles. The molecule has 1 aromatic rings. The molecule has 0 bridgehead atoms. The molecule has 0 saturated carbocycles. The average molecular weight is 299 g/mol. The van der Waals surface area contributed by atoms with E-state index in [9.17, 15) is 18.0 Å². The van der Waals surface area contributed by atoms with Crippen LogP contribution in [0.1, 0.15) is 26.3 Å². The molecule has 7 heteroatoms. The van der Waals surface area contributed by atoms with E-state index < -0.39 is 23.3 Å². The Morgan fingerprint density at radius 1 is 1.10 bits per heavy atom. The number of halogens is 3. The monoisotopic (exact) mass is 299 g/mol. The lowest BCUT2D eigenvalue weighted by atomic mass is 9.91. The molecule has 0 saturated heterocycles. The van der Waals surface area contributed by atoms with Gasteiger partial charge in [0, 0.05) is 11.0 Å². The SMILES string of the molecule is CC(C)(C)C1=N[C@](c2ccccc2)(C(F)(F)F)NC(=O)N1. The Morgan fingerprint density at radius 3 is 2.14 bits per heavy atom. The zero-order valence-corrected chi connectivity index (χ0v) is 11.9. The number of rotatable bonds is 1. The maximum absolute atomic E-state index is 13.7. The van der Waals surface area contributed by atoms with E-state index in [0.29, 0.717) is 0 Å². The molecule has 0 fully saturated rings. The Balaban J connectivity index is 2.69. The highest BCUT2D eigenvalue weighted by atomic mass is 19.4. The van der Waals surface area contributed by atoms with Crippen LogP contribution >= 0.6 is 0 Å². The van der Waals surface area contributed by atoms with Crippen molar-refractivity contribution in [3.63, 3.8) is 0 Å². The van der Waals surface area contributed by atoms with Gasteiger partial charge < -0.3 is 5.32 Å². The third-order valence-electron chi connectivity index (χ3n) is 3.12. The van der Waals surface area contributed by atoms with Crippen LogP contribution in [-0.2, 0) is 5.66 Å². The minimum Gasteiger partial charge on any atom is -0.302 e. The standard InChI is InChI=1S/C14H16F3N3O/c1-12(2,3)10-18-11(21)20-13(19-10,14(15,16)17)9-7-5-4-6-8-9/h4-8H,1-3H3,(H2,18,19,20,21)/t13-/m0/s1. The van der Waals surface area contributed by atoms with Crippen molar-refractivity contribution in [1.29, 1.82) is 0 Å². The second-order valence-corrected chi connectivity index (χ2v) is 5.86.